The van der Waals surface area contributed by atoms with Crippen LogP contribution in [-0.4, -0.2) is 82.3 Å². The number of nitrogens with one attached hydrogen (secondary N) is 4. The molecule has 39 heavy (non-hydrogen) atoms. The van der Waals surface area contributed by atoms with Gasteiger partial charge in [0.1, 0.15) is 24.1 Å². The monoisotopic (exact) mass is 533 g/mol. The van der Waals surface area contributed by atoms with Gasteiger partial charge in [-0.15, -0.1) is 0 Å². The molecule has 4 rings (SSSR count). The lowest BCUT2D eigenvalue weighted by molar-refractivity contribution is -0.123. The number of benzene rings is 1. The minimum Gasteiger partial charge on any atom is -0.492 e. The van der Waals surface area contributed by atoms with Gasteiger partial charge in [0.15, 0.2) is 0 Å². The first kappa shape index (κ1) is 27.3. The second kappa shape index (κ2) is 13.7. The lowest BCUT2D eigenvalue weighted by Gasteiger charge is -2.22. The number of imidazole rings is 1. The van der Waals surface area contributed by atoms with Crippen LogP contribution in [0.1, 0.15) is 39.4 Å². The summed E-state index contributed by atoms with van der Waals surface area (Å²) in [4.78, 5) is 64.2. The van der Waals surface area contributed by atoms with Crippen molar-refractivity contribution in [2.75, 3.05) is 32.8 Å². The van der Waals surface area contributed by atoms with Crippen molar-refractivity contribution < 1.29 is 23.9 Å². The van der Waals surface area contributed by atoms with Crippen LogP contribution in [0.25, 0.3) is 0 Å². The molecule has 1 aliphatic heterocycles. The Balaban J connectivity index is 1.49. The fourth-order valence-electron chi connectivity index (χ4n) is 4.05. The molecule has 204 valence electrons. The molecule has 1 aromatic carbocycles. The molecule has 1 aliphatic rings. The first-order valence-corrected chi connectivity index (χ1v) is 12.8. The number of aromatic nitrogens is 3. The van der Waals surface area contributed by atoms with Crippen LogP contribution in [0, 0.1) is 0 Å². The Kier molecular flexibility index (Phi) is 9.59. The number of nitrogens with zero attached hydrogens (tertiary/aromatic N) is 3. The van der Waals surface area contributed by atoms with Crippen molar-refractivity contribution in [2.24, 2.45) is 0 Å². The molecule has 0 saturated heterocycles. The van der Waals surface area contributed by atoms with Gasteiger partial charge in [0.25, 0.3) is 11.8 Å². The van der Waals surface area contributed by atoms with Gasteiger partial charge in [-0.1, -0.05) is 12.1 Å². The standard InChI is InChI=1S/C27H31N7O5/c35-24-17-34(27(38)22-8-1-2-9-29-22)12-4-3-10-31-26(37)23(15-20-16-28-18-32-20)33-25(36)19-6-5-7-21(14-19)39-13-11-30-24/h1-2,5-9,14,16,18,23H,3-4,10-13,15,17H2,(H,28,32)(H,30,35)(H,31,37)(H,33,36)/t23-/m0/s1. The van der Waals surface area contributed by atoms with E-state index in [1.165, 1.54) is 17.4 Å². The number of carbonyl (C=O) groups is 4. The maximum absolute atomic E-state index is 13.0. The van der Waals surface area contributed by atoms with Crippen LogP contribution in [0.5, 0.6) is 5.75 Å². The maximum Gasteiger partial charge on any atom is 0.272 e. The van der Waals surface area contributed by atoms with Crippen LogP contribution < -0.4 is 20.7 Å². The van der Waals surface area contributed by atoms with E-state index in [1.807, 2.05) is 0 Å². The number of H-pyrrole nitrogens is 1. The zero-order valence-corrected chi connectivity index (χ0v) is 21.4. The second-order valence-corrected chi connectivity index (χ2v) is 8.97. The molecule has 4 amide bonds. The lowest BCUT2D eigenvalue weighted by atomic mass is 10.1. The molecule has 0 saturated carbocycles. The van der Waals surface area contributed by atoms with Crippen molar-refractivity contribution in [1.82, 2.24) is 35.8 Å². The number of amides is 4. The third-order valence-corrected chi connectivity index (χ3v) is 6.05. The summed E-state index contributed by atoms with van der Waals surface area (Å²) in [5, 5.41) is 8.43. The van der Waals surface area contributed by atoms with E-state index < -0.39 is 11.9 Å². The minimum atomic E-state index is -0.839. The molecule has 0 fully saturated rings. The Bertz CT molecular complexity index is 1270. The predicted octanol–water partition coefficient (Wildman–Crippen LogP) is 0.693. The van der Waals surface area contributed by atoms with E-state index in [0.717, 1.165) is 0 Å². The Morgan fingerprint density at radius 2 is 1.95 bits per heavy atom. The molecule has 1 atom stereocenters. The third-order valence-electron chi connectivity index (χ3n) is 6.05. The average molecular weight is 534 g/mol. The summed E-state index contributed by atoms with van der Waals surface area (Å²) in [6, 6.07) is 10.8. The number of ether oxygens (including phenoxy) is 1. The van der Waals surface area contributed by atoms with Crippen molar-refractivity contribution in [3.05, 3.63) is 78.1 Å². The van der Waals surface area contributed by atoms with Crippen LogP contribution >= 0.6 is 0 Å². The highest BCUT2D eigenvalue weighted by Gasteiger charge is 2.23. The number of aromatic amines is 1. The predicted molar refractivity (Wildman–Crippen MR) is 141 cm³/mol. The first-order chi connectivity index (χ1) is 19.0. The van der Waals surface area contributed by atoms with Gasteiger partial charge >= 0.3 is 0 Å². The van der Waals surface area contributed by atoms with Gasteiger partial charge in [0.2, 0.25) is 11.8 Å². The van der Waals surface area contributed by atoms with Crippen molar-refractivity contribution in [1.29, 1.82) is 0 Å². The fraction of sp³-hybridized carbons (Fsp3) is 0.333. The quantitative estimate of drug-likeness (QED) is 0.386. The van der Waals surface area contributed by atoms with Gasteiger partial charge in [0, 0.05) is 43.2 Å². The van der Waals surface area contributed by atoms with Gasteiger partial charge < -0.3 is 30.6 Å². The minimum absolute atomic E-state index is 0.137. The van der Waals surface area contributed by atoms with E-state index in [1.54, 1.807) is 48.7 Å². The normalized spacial score (nSPS) is 17.9. The molecule has 3 aromatic rings. The summed E-state index contributed by atoms with van der Waals surface area (Å²) in [6.07, 6.45) is 5.97. The van der Waals surface area contributed by atoms with Crippen LogP contribution in [0.4, 0.5) is 0 Å². The maximum atomic E-state index is 13.0. The molecule has 2 bridgehead atoms. The molecule has 0 radical (unpaired) electrons. The van der Waals surface area contributed by atoms with Crippen LogP contribution in [0.15, 0.2) is 61.2 Å². The van der Waals surface area contributed by atoms with E-state index in [0.29, 0.717) is 42.9 Å². The number of hydrogen-bond donors (Lipinski definition) is 4. The van der Waals surface area contributed by atoms with E-state index in [4.69, 9.17) is 4.74 Å². The number of fused-ring (bicyclic) bond motifs is 2. The molecular formula is C27H31N7O5. The third kappa shape index (κ3) is 8.12. The van der Waals surface area contributed by atoms with Crippen LogP contribution in [0.2, 0.25) is 0 Å². The van der Waals surface area contributed by atoms with Gasteiger partial charge in [-0.05, 0) is 43.2 Å². The zero-order chi connectivity index (χ0) is 27.5. The van der Waals surface area contributed by atoms with E-state index >= 15 is 0 Å². The highest BCUT2D eigenvalue weighted by molar-refractivity contribution is 5.98. The fourth-order valence-corrected chi connectivity index (χ4v) is 4.05. The van der Waals surface area contributed by atoms with Crippen LogP contribution in [-0.2, 0) is 16.0 Å². The Morgan fingerprint density at radius 3 is 2.74 bits per heavy atom. The van der Waals surface area contributed by atoms with Gasteiger partial charge in [-0.3, -0.25) is 24.2 Å². The summed E-state index contributed by atoms with van der Waals surface area (Å²) in [7, 11) is 0. The average Bonchev–Trinajstić information content (AvgIpc) is 3.47. The number of carbonyl (C=O) groups excluding carboxylic acids is 4. The van der Waals surface area contributed by atoms with Crippen LogP contribution in [0.3, 0.4) is 0 Å². The Labute approximate surface area is 225 Å². The summed E-state index contributed by atoms with van der Waals surface area (Å²) < 4.78 is 5.71. The molecule has 0 spiro atoms. The first-order valence-electron chi connectivity index (χ1n) is 12.8. The van der Waals surface area contributed by atoms with Gasteiger partial charge in [0.05, 0.1) is 19.4 Å². The number of hydrogen-bond acceptors (Lipinski definition) is 7. The smallest absolute Gasteiger partial charge is 0.272 e. The molecule has 12 nitrogen and oxygen atoms in total. The zero-order valence-electron chi connectivity index (χ0n) is 21.4. The van der Waals surface area contributed by atoms with E-state index in [2.05, 4.69) is 30.9 Å². The molecular weight excluding hydrogens is 502 g/mol. The van der Waals surface area contributed by atoms with Crippen molar-refractivity contribution in [2.45, 2.75) is 25.3 Å². The van der Waals surface area contributed by atoms with Crippen molar-refractivity contribution in [3.8, 4) is 5.75 Å². The summed E-state index contributed by atoms with van der Waals surface area (Å²) in [5.74, 6) is -1.00. The summed E-state index contributed by atoms with van der Waals surface area (Å²) >= 11 is 0. The van der Waals surface area contributed by atoms with E-state index in [-0.39, 0.29) is 49.5 Å². The highest BCUT2D eigenvalue weighted by Crippen LogP contribution is 2.14. The highest BCUT2D eigenvalue weighted by atomic mass is 16.5. The second-order valence-electron chi connectivity index (χ2n) is 8.97. The molecule has 2 aromatic heterocycles. The summed E-state index contributed by atoms with van der Waals surface area (Å²) in [6.45, 7) is 0.869. The van der Waals surface area contributed by atoms with E-state index in [9.17, 15) is 19.2 Å². The Hall–Kier alpha value is -4.74. The van der Waals surface area contributed by atoms with Crippen molar-refractivity contribution in [3.63, 3.8) is 0 Å². The molecule has 12 heteroatoms. The molecule has 0 unspecified atom stereocenters. The number of pyridine rings is 1. The topological polar surface area (TPSA) is 158 Å². The molecule has 0 aliphatic carbocycles. The number of rotatable bonds is 3. The Morgan fingerprint density at radius 1 is 1.05 bits per heavy atom. The van der Waals surface area contributed by atoms with Crippen molar-refractivity contribution >= 4 is 23.6 Å². The van der Waals surface area contributed by atoms with Gasteiger partial charge in [-0.25, -0.2) is 4.98 Å². The summed E-state index contributed by atoms with van der Waals surface area (Å²) in [5.41, 5.74) is 1.28. The lowest BCUT2D eigenvalue weighted by Crippen LogP contribution is -2.48. The molecule has 4 N–H and O–H groups in total. The largest absolute Gasteiger partial charge is 0.492 e. The molecule has 3 heterocycles. The SMILES string of the molecule is O=C1CN(C(=O)c2ccccn2)CCCCNC(=O)[C@H](Cc2cnc[nH]2)NC(=O)c2cccc(c2)OCCN1. The van der Waals surface area contributed by atoms with Gasteiger partial charge in [-0.2, -0.15) is 0 Å².